The fourth-order valence-corrected chi connectivity index (χ4v) is 4.25. The molecule has 0 bridgehead atoms. The summed E-state index contributed by atoms with van der Waals surface area (Å²) >= 11 is 0. The number of hydrogen-bond donors (Lipinski definition) is 2. The van der Waals surface area contributed by atoms with Gasteiger partial charge in [-0.05, 0) is 25.7 Å². The van der Waals surface area contributed by atoms with Gasteiger partial charge in [0.05, 0.1) is 6.42 Å². The first-order valence-corrected chi connectivity index (χ1v) is 9.79. The molecule has 0 saturated carbocycles. The smallest absolute Gasteiger partial charge is 0.325 e. The van der Waals surface area contributed by atoms with Gasteiger partial charge in [0.1, 0.15) is 0 Å². The number of likely N-dealkylation sites (tertiary alicyclic amines) is 2. The molecule has 1 aromatic rings. The molecule has 1 atom stereocenters. The Balaban J connectivity index is 1.67. The number of nitrogens with one attached hydrogen (secondary N) is 2. The van der Waals surface area contributed by atoms with Gasteiger partial charge in [-0.1, -0.05) is 13.3 Å². The first kappa shape index (κ1) is 19.4. The lowest BCUT2D eigenvalue weighted by Crippen LogP contribution is -2.55. The highest BCUT2D eigenvalue weighted by molar-refractivity contribution is 5.79. The largest absolute Gasteiger partial charge is 0.342 e. The minimum absolute atomic E-state index is 0.0271. The molecule has 27 heavy (non-hydrogen) atoms. The van der Waals surface area contributed by atoms with Crippen molar-refractivity contribution < 1.29 is 9.59 Å². The SMILES string of the molecule is CCCCN1CC2(CCCN(C(=O)Cc3c[nH]c(=O)[nH]c3=O)C2)CCC1=O. The summed E-state index contributed by atoms with van der Waals surface area (Å²) in [7, 11) is 0. The van der Waals surface area contributed by atoms with E-state index >= 15 is 0 Å². The Morgan fingerprint density at radius 1 is 1.22 bits per heavy atom. The summed E-state index contributed by atoms with van der Waals surface area (Å²) < 4.78 is 0. The van der Waals surface area contributed by atoms with Gasteiger partial charge in [-0.25, -0.2) is 4.79 Å². The maximum absolute atomic E-state index is 12.7. The van der Waals surface area contributed by atoms with Crippen molar-refractivity contribution >= 4 is 11.8 Å². The predicted molar refractivity (Wildman–Crippen MR) is 100 cm³/mol. The minimum atomic E-state index is -0.577. The van der Waals surface area contributed by atoms with E-state index in [2.05, 4.69) is 16.9 Å². The lowest BCUT2D eigenvalue weighted by Gasteiger charge is -2.48. The van der Waals surface area contributed by atoms with Crippen molar-refractivity contribution in [1.29, 1.82) is 0 Å². The molecule has 1 aromatic heterocycles. The van der Waals surface area contributed by atoms with Crippen LogP contribution in [0.4, 0.5) is 0 Å². The van der Waals surface area contributed by atoms with Crippen molar-refractivity contribution in [1.82, 2.24) is 19.8 Å². The van der Waals surface area contributed by atoms with Gasteiger partial charge in [0, 0.05) is 49.8 Å². The molecule has 2 aliphatic heterocycles. The van der Waals surface area contributed by atoms with Crippen LogP contribution < -0.4 is 11.2 Å². The third kappa shape index (κ3) is 4.48. The van der Waals surface area contributed by atoms with E-state index in [0.717, 1.165) is 45.2 Å². The molecule has 8 heteroatoms. The first-order valence-electron chi connectivity index (χ1n) is 9.79. The minimum Gasteiger partial charge on any atom is -0.342 e. The zero-order valence-corrected chi connectivity index (χ0v) is 15.9. The van der Waals surface area contributed by atoms with Crippen molar-refractivity contribution in [3.63, 3.8) is 0 Å². The van der Waals surface area contributed by atoms with Gasteiger partial charge in [0.15, 0.2) is 0 Å². The molecule has 0 aliphatic carbocycles. The Hall–Kier alpha value is -2.38. The molecule has 0 aromatic carbocycles. The van der Waals surface area contributed by atoms with E-state index < -0.39 is 11.2 Å². The van der Waals surface area contributed by atoms with Gasteiger partial charge in [-0.15, -0.1) is 0 Å². The van der Waals surface area contributed by atoms with E-state index in [0.29, 0.717) is 19.5 Å². The molecular weight excluding hydrogens is 348 g/mol. The number of rotatable bonds is 5. The van der Waals surface area contributed by atoms with E-state index in [1.165, 1.54) is 6.20 Å². The summed E-state index contributed by atoms with van der Waals surface area (Å²) in [6, 6.07) is 0. The van der Waals surface area contributed by atoms with Crippen molar-refractivity contribution in [2.75, 3.05) is 26.2 Å². The van der Waals surface area contributed by atoms with E-state index in [1.807, 2.05) is 9.80 Å². The highest BCUT2D eigenvalue weighted by atomic mass is 16.2. The van der Waals surface area contributed by atoms with Crippen LogP contribution >= 0.6 is 0 Å². The lowest BCUT2D eigenvalue weighted by atomic mass is 9.73. The van der Waals surface area contributed by atoms with E-state index in [1.54, 1.807) is 0 Å². The molecule has 3 heterocycles. The molecular formula is C19H28N4O4. The number of carbonyl (C=O) groups is 2. The van der Waals surface area contributed by atoms with E-state index in [4.69, 9.17) is 0 Å². The Kier molecular flexibility index (Phi) is 5.82. The zero-order chi connectivity index (χ0) is 19.4. The zero-order valence-electron chi connectivity index (χ0n) is 15.9. The number of amides is 2. The molecule has 8 nitrogen and oxygen atoms in total. The van der Waals surface area contributed by atoms with Crippen LogP contribution in [0.2, 0.25) is 0 Å². The van der Waals surface area contributed by atoms with Gasteiger partial charge in [0.2, 0.25) is 11.8 Å². The second-order valence-electron chi connectivity index (χ2n) is 7.86. The monoisotopic (exact) mass is 376 g/mol. The van der Waals surface area contributed by atoms with Gasteiger partial charge >= 0.3 is 5.69 Å². The topological polar surface area (TPSA) is 106 Å². The maximum atomic E-state index is 12.7. The Morgan fingerprint density at radius 2 is 2.04 bits per heavy atom. The molecule has 1 spiro atoms. The summed E-state index contributed by atoms with van der Waals surface area (Å²) in [4.78, 5) is 56.3. The van der Waals surface area contributed by atoms with Crippen LogP contribution in [0.5, 0.6) is 0 Å². The fraction of sp³-hybridized carbons (Fsp3) is 0.684. The molecule has 2 saturated heterocycles. The maximum Gasteiger partial charge on any atom is 0.325 e. The van der Waals surface area contributed by atoms with Crippen molar-refractivity contribution in [3.8, 4) is 0 Å². The lowest BCUT2D eigenvalue weighted by molar-refractivity contribution is -0.142. The average molecular weight is 376 g/mol. The Morgan fingerprint density at radius 3 is 2.78 bits per heavy atom. The van der Waals surface area contributed by atoms with Gasteiger partial charge in [-0.2, -0.15) is 0 Å². The molecule has 3 rings (SSSR count). The Bertz CT molecular complexity index is 814. The van der Waals surface area contributed by atoms with Gasteiger partial charge in [-0.3, -0.25) is 19.4 Å². The van der Waals surface area contributed by atoms with E-state index in [9.17, 15) is 19.2 Å². The molecule has 0 radical (unpaired) electrons. The van der Waals surface area contributed by atoms with Crippen LogP contribution in [0.3, 0.4) is 0 Å². The highest BCUT2D eigenvalue weighted by Crippen LogP contribution is 2.39. The van der Waals surface area contributed by atoms with E-state index in [-0.39, 0.29) is 29.2 Å². The fourth-order valence-electron chi connectivity index (χ4n) is 4.25. The van der Waals surface area contributed by atoms with Gasteiger partial charge < -0.3 is 14.8 Å². The number of aromatic nitrogens is 2. The number of aromatic amines is 2. The highest BCUT2D eigenvalue weighted by Gasteiger charge is 2.42. The van der Waals surface area contributed by atoms with Gasteiger partial charge in [0.25, 0.3) is 5.56 Å². The summed E-state index contributed by atoms with van der Waals surface area (Å²) in [6.45, 7) is 4.92. The molecule has 2 fully saturated rings. The summed E-state index contributed by atoms with van der Waals surface area (Å²) in [5.41, 5.74) is -0.866. The Labute approximate surface area is 157 Å². The number of unbranched alkanes of at least 4 members (excludes halogenated alkanes) is 1. The molecule has 148 valence electrons. The van der Waals surface area contributed by atoms with Crippen molar-refractivity contribution in [2.24, 2.45) is 5.41 Å². The van der Waals surface area contributed by atoms with Crippen LogP contribution in [0.15, 0.2) is 15.8 Å². The van der Waals surface area contributed by atoms with Crippen LogP contribution in [0.1, 0.15) is 51.0 Å². The quantitative estimate of drug-likeness (QED) is 0.786. The number of piperidine rings is 2. The second kappa shape index (κ2) is 8.10. The summed E-state index contributed by atoms with van der Waals surface area (Å²) in [5, 5.41) is 0. The second-order valence-corrected chi connectivity index (χ2v) is 7.86. The predicted octanol–water partition coefficient (Wildman–Crippen LogP) is 0.637. The standard InChI is InChI=1S/C19H28N4O4/c1-2-3-8-22-12-19(7-5-15(22)24)6-4-9-23(13-19)16(25)10-14-11-20-18(27)21-17(14)26/h11H,2-10,12-13H2,1H3,(H2,20,21,26,27). The van der Waals surface area contributed by atoms with Crippen molar-refractivity contribution in [2.45, 2.75) is 51.9 Å². The first-order chi connectivity index (χ1) is 12.9. The summed E-state index contributed by atoms with van der Waals surface area (Å²) in [6.07, 6.45) is 6.62. The summed E-state index contributed by atoms with van der Waals surface area (Å²) in [5.74, 6) is 0.112. The molecule has 1 unspecified atom stereocenters. The normalized spacial score (nSPS) is 23.1. The molecule has 2 N–H and O–H groups in total. The molecule has 2 aliphatic rings. The number of nitrogens with zero attached hydrogens (tertiary/aromatic N) is 2. The van der Waals surface area contributed by atoms with Crippen molar-refractivity contribution in [3.05, 3.63) is 32.6 Å². The molecule has 2 amide bonds. The third-order valence-electron chi connectivity index (χ3n) is 5.78. The average Bonchev–Trinajstić information content (AvgIpc) is 2.65. The number of hydrogen-bond acceptors (Lipinski definition) is 4. The van der Waals surface area contributed by atoms with Crippen LogP contribution in [-0.4, -0.2) is 57.8 Å². The number of H-pyrrole nitrogens is 2. The van der Waals surface area contributed by atoms with Crippen LogP contribution in [-0.2, 0) is 16.0 Å². The van der Waals surface area contributed by atoms with Crippen LogP contribution in [0.25, 0.3) is 0 Å². The third-order valence-corrected chi connectivity index (χ3v) is 5.78. The van der Waals surface area contributed by atoms with Crippen LogP contribution in [0, 0.1) is 5.41 Å². The number of carbonyl (C=O) groups excluding carboxylic acids is 2.